The Kier molecular flexibility index (Phi) is 14.6. The van der Waals surface area contributed by atoms with Crippen LogP contribution in [0.2, 0.25) is 30.7 Å². The molecule has 3 aliphatic heterocycles. The van der Waals surface area contributed by atoms with Crippen LogP contribution in [0.25, 0.3) is 63.9 Å². The molecule has 0 aromatic carbocycles. The molecular weight excluding hydrogens is 1090 g/mol. The van der Waals surface area contributed by atoms with Crippen LogP contribution in [0.3, 0.4) is 0 Å². The normalized spacial score (nSPS) is 17.4. The van der Waals surface area contributed by atoms with Crippen molar-refractivity contribution in [3.05, 3.63) is 77.6 Å². The van der Waals surface area contributed by atoms with Gasteiger partial charge >= 0.3 is 0 Å². The third-order valence-electron chi connectivity index (χ3n) is 15.4. The Labute approximate surface area is 474 Å². The molecule has 410 valence electrons. The zero-order valence-corrected chi connectivity index (χ0v) is 47.8. The van der Waals surface area contributed by atoms with Gasteiger partial charge in [0.05, 0.1) is 99.8 Å². The number of ether oxygens (including phenoxy) is 1. The second kappa shape index (κ2) is 21.9. The minimum Gasteiger partial charge on any atom is -0.370 e. The highest BCUT2D eigenvalue weighted by Gasteiger charge is 2.44. The van der Waals surface area contributed by atoms with Gasteiger partial charge in [0.25, 0.3) is 11.8 Å². The first-order chi connectivity index (χ1) is 38.7. The van der Waals surface area contributed by atoms with Crippen LogP contribution in [0.5, 0.6) is 0 Å². The number of H-pyrrole nitrogens is 1. The fraction of sp³-hybridized carbons (Fsp3) is 0.429. The van der Waals surface area contributed by atoms with E-state index in [0.717, 1.165) is 75.0 Å². The lowest BCUT2D eigenvalue weighted by molar-refractivity contribution is -0.139. The highest BCUT2D eigenvalue weighted by atomic mass is 35.5. The number of rotatable bonds is 16. The van der Waals surface area contributed by atoms with E-state index < -0.39 is 20.2 Å². The summed E-state index contributed by atoms with van der Waals surface area (Å²) in [6.45, 7) is 11.5. The smallest absolute Gasteiger partial charge is 0.255 e. The minimum atomic E-state index is -1.27. The molecule has 0 radical (unpaired) electrons. The van der Waals surface area contributed by atoms with E-state index in [2.05, 4.69) is 73.3 Å². The molecule has 3 N–H and O–H groups in total. The third-order valence-corrected chi connectivity index (χ3v) is 19.9. The van der Waals surface area contributed by atoms with Gasteiger partial charge in [-0.25, -0.2) is 19.9 Å². The topological polar surface area (TPSA) is 257 Å². The Morgan fingerprint density at radius 2 is 1.34 bits per heavy atom. The Morgan fingerprint density at radius 1 is 0.775 bits per heavy atom. The van der Waals surface area contributed by atoms with Crippen LogP contribution in [-0.4, -0.2) is 139 Å². The van der Waals surface area contributed by atoms with Crippen LogP contribution in [0.4, 0.5) is 5.69 Å². The molecule has 13 rings (SSSR count). The average molecular weight is 1150 g/mol. The molecule has 11 heterocycles. The number of carbonyl (C=O) groups excluding carboxylic acids is 4. The molecule has 2 atom stereocenters. The average Bonchev–Trinajstić information content (AvgIpc) is 4.09. The number of pyridine rings is 2. The molecule has 20 nitrogen and oxygen atoms in total. The number of hydrogen-bond acceptors (Lipinski definition) is 16. The van der Waals surface area contributed by atoms with Crippen molar-refractivity contribution in [2.45, 2.75) is 83.0 Å². The number of hydrogen-bond donors (Lipinski definition) is 3. The van der Waals surface area contributed by atoms with Gasteiger partial charge < -0.3 is 39.6 Å². The highest BCUT2D eigenvalue weighted by molar-refractivity contribution is 7.23. The summed E-state index contributed by atoms with van der Waals surface area (Å²) in [5, 5.41) is 24.8. The van der Waals surface area contributed by atoms with Crippen molar-refractivity contribution in [1.82, 2.24) is 59.9 Å². The van der Waals surface area contributed by atoms with Gasteiger partial charge in [0.15, 0.2) is 11.3 Å². The largest absolute Gasteiger partial charge is 0.370 e. The zero-order chi connectivity index (χ0) is 55.4. The minimum absolute atomic E-state index is 0.0956. The molecule has 2 aliphatic carbocycles. The number of aromatic amines is 1. The van der Waals surface area contributed by atoms with Crippen LogP contribution < -0.4 is 15.5 Å². The molecule has 4 amide bonds. The van der Waals surface area contributed by atoms with Crippen molar-refractivity contribution < 1.29 is 23.9 Å². The molecule has 8 aromatic heterocycles. The van der Waals surface area contributed by atoms with E-state index >= 15 is 0 Å². The Bertz CT molecular complexity index is 3810. The zero-order valence-electron chi connectivity index (χ0n) is 44.4. The number of nitrogens with zero attached hydrogens (tertiary/aromatic N) is 12. The van der Waals surface area contributed by atoms with Crippen LogP contribution in [0.15, 0.2) is 61.4 Å². The number of nitrogens with one attached hydrogen (secondary N) is 3. The van der Waals surface area contributed by atoms with E-state index in [1.807, 2.05) is 18.3 Å². The quantitative estimate of drug-likeness (QED) is 0.0606. The lowest BCUT2D eigenvalue weighted by atomic mass is 9.99. The van der Waals surface area contributed by atoms with Crippen molar-refractivity contribution >= 4 is 114 Å². The molecule has 0 unspecified atom stereocenters. The van der Waals surface area contributed by atoms with Gasteiger partial charge in [-0.05, 0) is 80.7 Å². The summed E-state index contributed by atoms with van der Waals surface area (Å²) in [6, 6.07) is 12.0. The molecular formula is C56H58ClN15O5S2Si. The number of thiophene rings is 2. The van der Waals surface area contributed by atoms with Gasteiger partial charge in [0.2, 0.25) is 11.8 Å². The summed E-state index contributed by atoms with van der Waals surface area (Å²) < 4.78 is 9.79. The summed E-state index contributed by atoms with van der Waals surface area (Å²) in [6.07, 6.45) is 16.2. The number of aromatic nitrogens is 8. The van der Waals surface area contributed by atoms with Crippen LogP contribution in [0.1, 0.15) is 59.2 Å². The fourth-order valence-electron chi connectivity index (χ4n) is 10.4. The molecule has 5 aliphatic rings. The molecule has 2 saturated carbocycles. The van der Waals surface area contributed by atoms with E-state index in [1.54, 1.807) is 62.8 Å². The SMILES string of the molecule is C[Si](C)(C)CCOCn1cc(C(=O)N[C@@H](C(=O)N2CC(C#N)C2)C2CC2)c2nc(-c3cc4nccc(Cl)c4s3)cnc21.N#CC1CN(C(=O)[C@H](NC(=O)c2c[nH]c3ncc(-c4cc5nccc(N6CCCC6)c5s4)nc23)C2CC2)C1. The standard InChI is InChI=1S/C29H32ClN7O3SSi.C27H26N8O2S/c1-42(2,3)9-8-40-16-37-15-19(28(38)35-24(18-4-5-18)29(39)36-13-17(11-31)14-36)25-27(37)33-12-22(34-25)23-10-21-26(41-23)20(30)6-7-32-21;28-10-15-13-35(14-15)27(37)22(16-3-4-16)33-26(36)17-11-30-25-23(17)32-19(12-31-25)21-9-18-24(38-21)20(5-6-29-18)34-7-1-2-8-34/h6-7,10,12,15,17-18,24H,4-5,8-9,13-14,16H2,1-3H3,(H,35,38);5-6,9,11-12,15-16,22H,1-4,7-8,13-14H2,(H,30,31)(H,33,36)/t24-;22-/m11/s1. The van der Waals surface area contributed by atoms with Gasteiger partial charge in [0, 0.05) is 78.7 Å². The summed E-state index contributed by atoms with van der Waals surface area (Å²) >= 11 is 9.50. The number of halogens is 1. The number of likely N-dealkylation sites (tertiary alicyclic amines) is 2. The van der Waals surface area contributed by atoms with Gasteiger partial charge in [-0.1, -0.05) is 31.2 Å². The van der Waals surface area contributed by atoms with Crippen molar-refractivity contribution in [2.24, 2.45) is 23.7 Å². The number of amides is 4. The van der Waals surface area contributed by atoms with Crippen molar-refractivity contribution in [1.29, 1.82) is 10.5 Å². The number of anilines is 1. The van der Waals surface area contributed by atoms with E-state index in [1.165, 1.54) is 29.9 Å². The fourth-order valence-corrected chi connectivity index (χ4v) is 13.5. The summed E-state index contributed by atoms with van der Waals surface area (Å²) in [7, 11) is -1.27. The highest BCUT2D eigenvalue weighted by Crippen LogP contribution is 2.41. The van der Waals surface area contributed by atoms with Crippen molar-refractivity contribution in [3.8, 4) is 33.3 Å². The van der Waals surface area contributed by atoms with E-state index in [9.17, 15) is 19.2 Å². The number of nitriles is 2. The lowest BCUT2D eigenvalue weighted by Crippen LogP contribution is -2.57. The lowest BCUT2D eigenvalue weighted by Gasteiger charge is -2.37. The molecule has 8 aromatic rings. The van der Waals surface area contributed by atoms with Crippen molar-refractivity contribution in [2.75, 3.05) is 50.8 Å². The van der Waals surface area contributed by atoms with Gasteiger partial charge in [0.1, 0.15) is 29.8 Å². The van der Waals surface area contributed by atoms with Gasteiger partial charge in [-0.2, -0.15) is 10.5 Å². The predicted octanol–water partition coefficient (Wildman–Crippen LogP) is 8.49. The first kappa shape index (κ1) is 53.2. The summed E-state index contributed by atoms with van der Waals surface area (Å²) in [5.74, 6) is -0.990. The summed E-state index contributed by atoms with van der Waals surface area (Å²) in [5.41, 5.74) is 6.85. The molecule has 5 fully saturated rings. The van der Waals surface area contributed by atoms with Gasteiger partial charge in [-0.15, -0.1) is 22.7 Å². The van der Waals surface area contributed by atoms with Gasteiger partial charge in [-0.3, -0.25) is 29.1 Å². The second-order valence-corrected chi connectivity index (χ2v) is 30.8. The molecule has 0 spiro atoms. The first-order valence-corrected chi connectivity index (χ1v) is 32.9. The third kappa shape index (κ3) is 11.0. The maximum Gasteiger partial charge on any atom is 0.255 e. The Morgan fingerprint density at radius 3 is 1.93 bits per heavy atom. The van der Waals surface area contributed by atoms with Crippen LogP contribution in [-0.2, 0) is 21.1 Å². The number of fused-ring (bicyclic) bond motifs is 4. The second-order valence-electron chi connectivity index (χ2n) is 22.6. The Hall–Kier alpha value is -7.41. The molecule has 3 saturated heterocycles. The maximum absolute atomic E-state index is 13.8. The van der Waals surface area contributed by atoms with Crippen LogP contribution in [0, 0.1) is 46.3 Å². The first-order valence-electron chi connectivity index (χ1n) is 27.1. The van der Waals surface area contributed by atoms with Crippen LogP contribution >= 0.6 is 34.3 Å². The Balaban J connectivity index is 0.000000160. The van der Waals surface area contributed by atoms with E-state index in [-0.39, 0.29) is 54.0 Å². The predicted molar refractivity (Wildman–Crippen MR) is 309 cm³/mol. The molecule has 0 bridgehead atoms. The summed E-state index contributed by atoms with van der Waals surface area (Å²) in [4.78, 5) is 91.9. The monoisotopic (exact) mass is 1150 g/mol. The maximum atomic E-state index is 13.8. The van der Waals surface area contributed by atoms with Crippen molar-refractivity contribution in [3.63, 3.8) is 0 Å². The van der Waals surface area contributed by atoms with E-state index in [0.29, 0.717) is 82.7 Å². The molecule has 80 heavy (non-hydrogen) atoms. The molecule has 24 heteroatoms. The number of carbonyl (C=O) groups is 4. The van der Waals surface area contributed by atoms with E-state index in [4.69, 9.17) is 41.8 Å².